The third-order valence-corrected chi connectivity index (χ3v) is 26.2. The number of hydrogen-bond donors (Lipinski definition) is 0. The SMILES string of the molecule is CCCCCCCCOc1ccc(-c2ccc(C)cc2)cc1.CCCCCOc1ccc(-c2cc(-c3ccc(C=O)cc3)no2)cc1.CCCCCOc1ccc(-c2ccc(-c3ccc(C=O)cc3)o2)cc1.CCCCCOc1ccc(-c2ccc(-c3ccc(C=O)cc3)s2)cc1.CCCCCOc1ccc(-c2ncc(-c3ccc(C=O)cc3)o2)cc1.CCCCCOc1ccc(-c2nnc(-c3ccc(C=O)cc3)s2)cc1. The Balaban J connectivity index is 0.000000157. The van der Waals surface area contributed by atoms with E-state index in [1.807, 2.05) is 200 Å². The molecule has 18 nitrogen and oxygen atoms in total. The van der Waals surface area contributed by atoms with E-state index in [2.05, 4.69) is 142 Å². The molecule has 5 heterocycles. The van der Waals surface area contributed by atoms with Gasteiger partial charge in [-0.2, -0.15) is 0 Å². The number of oxazole rings is 1. The zero-order valence-electron chi connectivity index (χ0n) is 85.5. The molecule has 0 aliphatic carbocycles. The van der Waals surface area contributed by atoms with E-state index < -0.39 is 0 Å². The number of furan rings is 1. The number of ether oxygens (including phenoxy) is 6. The minimum Gasteiger partial charge on any atom is -0.494 e. The highest BCUT2D eigenvalue weighted by molar-refractivity contribution is 7.19. The van der Waals surface area contributed by atoms with Gasteiger partial charge >= 0.3 is 0 Å². The summed E-state index contributed by atoms with van der Waals surface area (Å²) < 4.78 is 51.7. The van der Waals surface area contributed by atoms with Crippen LogP contribution in [0.4, 0.5) is 0 Å². The molecule has 0 N–H and O–H groups in total. The van der Waals surface area contributed by atoms with Crippen LogP contribution in [0.25, 0.3) is 121 Å². The first-order chi connectivity index (χ1) is 72.3. The Morgan fingerprint density at radius 1 is 0.245 bits per heavy atom. The molecule has 12 aromatic carbocycles. The fourth-order valence-electron chi connectivity index (χ4n) is 15.3. The second-order valence-electron chi connectivity index (χ2n) is 35.5. The van der Waals surface area contributed by atoms with Gasteiger partial charge < -0.3 is 41.8 Å². The van der Waals surface area contributed by atoms with Crippen LogP contribution in [-0.2, 0) is 0 Å². The number of hydrogen-bond acceptors (Lipinski definition) is 20. The Bertz CT molecular complexity index is 5820. The summed E-state index contributed by atoms with van der Waals surface area (Å²) in [4.78, 5) is 60.5. The molecule has 758 valence electrons. The molecule has 0 amide bonds. The third kappa shape index (κ3) is 36.8. The van der Waals surface area contributed by atoms with E-state index in [0.29, 0.717) is 45.2 Å². The molecule has 0 fully saturated rings. The fraction of sp³-hybridized carbons (Fsp3) is 0.268. The number of carbonyl (C=O) groups is 5. The molecule has 0 saturated carbocycles. The van der Waals surface area contributed by atoms with E-state index in [0.717, 1.165) is 221 Å². The number of rotatable bonds is 49. The summed E-state index contributed by atoms with van der Waals surface area (Å²) in [6.45, 7) is 19.9. The van der Waals surface area contributed by atoms with E-state index >= 15 is 0 Å². The average molecular weight is 2000 g/mol. The first kappa shape index (κ1) is 111. The maximum Gasteiger partial charge on any atom is 0.226 e. The predicted molar refractivity (Wildman–Crippen MR) is 598 cm³/mol. The van der Waals surface area contributed by atoms with Gasteiger partial charge in [-0.05, 0) is 225 Å². The quantitative estimate of drug-likeness (QED) is 0.0255. The smallest absolute Gasteiger partial charge is 0.226 e. The van der Waals surface area contributed by atoms with E-state index in [1.165, 1.54) is 140 Å². The van der Waals surface area contributed by atoms with Crippen molar-refractivity contribution in [2.24, 2.45) is 0 Å². The fourth-order valence-corrected chi connectivity index (χ4v) is 17.1. The van der Waals surface area contributed by atoms with Crippen LogP contribution in [0.5, 0.6) is 34.5 Å². The molecular formula is C127H134N4O14S2. The van der Waals surface area contributed by atoms with Crippen LogP contribution in [0.3, 0.4) is 0 Å². The highest BCUT2D eigenvalue weighted by Crippen LogP contribution is 2.39. The van der Waals surface area contributed by atoms with Gasteiger partial charge in [0.05, 0.1) is 45.8 Å². The van der Waals surface area contributed by atoms with Crippen molar-refractivity contribution in [2.75, 3.05) is 39.6 Å². The molecule has 5 aromatic heterocycles. The Labute approximate surface area is 874 Å². The lowest BCUT2D eigenvalue weighted by Gasteiger charge is -2.08. The zero-order valence-corrected chi connectivity index (χ0v) is 87.1. The summed E-state index contributed by atoms with van der Waals surface area (Å²) in [7, 11) is 0. The Kier molecular flexibility index (Phi) is 47.0. The summed E-state index contributed by atoms with van der Waals surface area (Å²) >= 11 is 3.29. The van der Waals surface area contributed by atoms with Crippen molar-refractivity contribution >= 4 is 54.1 Å². The number of aromatic nitrogens is 4. The summed E-state index contributed by atoms with van der Waals surface area (Å²) in [6.07, 6.45) is 31.1. The van der Waals surface area contributed by atoms with E-state index in [9.17, 15) is 24.0 Å². The summed E-state index contributed by atoms with van der Waals surface area (Å²) in [5.74, 6) is 8.93. The van der Waals surface area contributed by atoms with Gasteiger partial charge in [-0.25, -0.2) is 4.98 Å². The number of aldehydes is 5. The standard InChI is InChI=1S/C22H22O3.C22H22O2S.2C21H21NO3.C21H28O.C20H20N2O2S/c2*1-2-3-4-15-24-20-11-9-19(10-12-20)22-14-13-21(25-22)18-7-5-17(16-23)6-8-18;1-2-3-4-13-24-19-11-9-18(10-12-19)21-22-14-20(25-21)17-7-5-16(15-23)6-8-17;1-2-3-4-13-24-19-11-9-18(10-12-19)21-14-20(22-25-21)17-7-5-16(15-23)6-8-17;1-3-4-5-6-7-8-17-22-21-15-13-20(14-16-21)19-11-9-18(2)10-12-19;1-2-3-4-13-24-18-11-9-17(10-12-18)20-22-21-19(25-20)16-7-5-15(14-23)6-8-16/h2*5-14,16H,2-4,15H2,1H3;2*5-12,14-15H,2-4,13H2,1H3;9-16H,3-8,17H2,1-2H3;5-12,14H,2-4,13H2,1H3. The van der Waals surface area contributed by atoms with Crippen molar-refractivity contribution < 1.29 is 65.8 Å². The summed E-state index contributed by atoms with van der Waals surface area (Å²) in [6, 6.07) is 104. The average Bonchev–Trinajstić information content (AvgIpc) is 1.68. The van der Waals surface area contributed by atoms with Gasteiger partial charge in [-0.3, -0.25) is 24.0 Å². The molecule has 0 spiro atoms. The Hall–Kier alpha value is -15.3. The molecule has 0 radical (unpaired) electrons. The Morgan fingerprint density at radius 2 is 0.510 bits per heavy atom. The van der Waals surface area contributed by atoms with Gasteiger partial charge in [0.25, 0.3) is 0 Å². The monoisotopic (exact) mass is 2000 g/mol. The van der Waals surface area contributed by atoms with Gasteiger partial charge in [0, 0.05) is 88.1 Å². The van der Waals surface area contributed by atoms with Crippen molar-refractivity contribution in [3.05, 3.63) is 361 Å². The minimum absolute atomic E-state index is 0.562. The molecule has 0 saturated heterocycles. The zero-order chi connectivity index (χ0) is 103. The molecule has 0 aliphatic heterocycles. The lowest BCUT2D eigenvalue weighted by molar-refractivity contribution is 0.111. The van der Waals surface area contributed by atoms with Gasteiger partial charge in [0.1, 0.15) is 93.2 Å². The van der Waals surface area contributed by atoms with Crippen LogP contribution >= 0.6 is 22.7 Å². The van der Waals surface area contributed by atoms with Crippen LogP contribution in [0, 0.1) is 6.92 Å². The number of unbranched alkanes of at least 4 members (excludes halogenated alkanes) is 15. The van der Waals surface area contributed by atoms with Gasteiger partial charge in [-0.15, -0.1) is 21.5 Å². The molecule has 17 rings (SSSR count). The van der Waals surface area contributed by atoms with E-state index in [1.54, 1.807) is 66.1 Å². The van der Waals surface area contributed by atoms with Crippen molar-refractivity contribution in [1.29, 1.82) is 0 Å². The second kappa shape index (κ2) is 62.4. The topological polar surface area (TPSA) is 232 Å². The first-order valence-corrected chi connectivity index (χ1v) is 53.1. The van der Waals surface area contributed by atoms with Crippen molar-refractivity contribution in [3.63, 3.8) is 0 Å². The lowest BCUT2D eigenvalue weighted by atomic mass is 10.0. The number of nitrogens with zero attached hydrogens (tertiary/aromatic N) is 4. The lowest BCUT2D eigenvalue weighted by Crippen LogP contribution is -1.97. The number of carbonyl (C=O) groups excluding carboxylic acids is 5. The van der Waals surface area contributed by atoms with Gasteiger partial charge in [0.2, 0.25) is 5.89 Å². The van der Waals surface area contributed by atoms with Crippen LogP contribution in [0.2, 0.25) is 0 Å². The summed E-state index contributed by atoms with van der Waals surface area (Å²) in [5, 5.41) is 14.4. The molecule has 17 aromatic rings. The largest absolute Gasteiger partial charge is 0.494 e. The molecule has 0 bridgehead atoms. The van der Waals surface area contributed by atoms with Crippen LogP contribution < -0.4 is 28.4 Å². The maximum absolute atomic E-state index is 10.8. The number of aryl methyl sites for hydroxylation is 1. The van der Waals surface area contributed by atoms with Crippen molar-refractivity contribution in [1.82, 2.24) is 20.3 Å². The van der Waals surface area contributed by atoms with Crippen LogP contribution in [0.1, 0.15) is 234 Å². The highest BCUT2D eigenvalue weighted by Gasteiger charge is 2.17. The van der Waals surface area contributed by atoms with Crippen LogP contribution in [0.15, 0.2) is 341 Å². The van der Waals surface area contributed by atoms with Crippen molar-refractivity contribution in [3.8, 4) is 156 Å². The maximum atomic E-state index is 10.8. The van der Waals surface area contributed by atoms with Gasteiger partial charge in [-0.1, -0.05) is 318 Å². The van der Waals surface area contributed by atoms with Gasteiger partial charge in [0.15, 0.2) is 11.5 Å². The first-order valence-electron chi connectivity index (χ1n) is 51.5. The third-order valence-electron chi connectivity index (χ3n) is 24.0. The molecule has 0 unspecified atom stereocenters. The highest BCUT2D eigenvalue weighted by atomic mass is 32.1. The minimum atomic E-state index is 0.562. The molecular weight excluding hydrogens is 1870 g/mol. The molecule has 0 aliphatic rings. The molecule has 147 heavy (non-hydrogen) atoms. The predicted octanol–water partition coefficient (Wildman–Crippen LogP) is 34.9. The van der Waals surface area contributed by atoms with Crippen molar-refractivity contribution in [2.45, 2.75) is 183 Å². The second-order valence-corrected chi connectivity index (χ2v) is 37.5. The normalized spacial score (nSPS) is 10.6. The molecule has 20 heteroatoms. The van der Waals surface area contributed by atoms with E-state index in [-0.39, 0.29) is 0 Å². The number of thiophene rings is 1. The van der Waals surface area contributed by atoms with Crippen LogP contribution in [-0.4, -0.2) is 91.4 Å². The van der Waals surface area contributed by atoms with E-state index in [4.69, 9.17) is 41.8 Å². The number of benzene rings is 12. The molecule has 0 atom stereocenters. The summed E-state index contributed by atoms with van der Waals surface area (Å²) in [5.41, 5.74) is 17.8. The Morgan fingerprint density at radius 3 is 0.864 bits per heavy atom.